The lowest BCUT2D eigenvalue weighted by atomic mass is 9.94. The zero-order chi connectivity index (χ0) is 20.2. The van der Waals surface area contributed by atoms with Crippen LogP contribution in [0.5, 0.6) is 0 Å². The van der Waals surface area contributed by atoms with E-state index >= 15 is 0 Å². The highest BCUT2D eigenvalue weighted by atomic mass is 127. The van der Waals surface area contributed by atoms with E-state index in [0.717, 1.165) is 31.4 Å². The second-order valence-corrected chi connectivity index (χ2v) is 9.12. The highest BCUT2D eigenvalue weighted by Gasteiger charge is 2.33. The predicted octanol–water partition coefficient (Wildman–Crippen LogP) is 3.14. The number of hydrogen-bond acceptors (Lipinski definition) is 5. The number of nitrogens with zero attached hydrogens (tertiary/aromatic N) is 3. The van der Waals surface area contributed by atoms with Gasteiger partial charge in [0.05, 0.1) is 24.9 Å². The number of halogens is 1. The molecule has 1 aliphatic rings. The number of rotatable bonds is 5. The van der Waals surface area contributed by atoms with Crippen molar-refractivity contribution in [1.82, 2.24) is 20.5 Å². The summed E-state index contributed by atoms with van der Waals surface area (Å²) in [5, 5.41) is 6.71. The molecule has 2 N–H and O–H groups in total. The van der Waals surface area contributed by atoms with E-state index < -0.39 is 0 Å². The largest absolute Gasteiger partial charge is 0.443 e. The average molecular weight is 507 g/mol. The Balaban J connectivity index is 0.00000392. The molecule has 1 fully saturated rings. The fourth-order valence-electron chi connectivity index (χ4n) is 3.20. The van der Waals surface area contributed by atoms with Crippen molar-refractivity contribution in [2.75, 3.05) is 26.7 Å². The summed E-state index contributed by atoms with van der Waals surface area (Å²) in [5.41, 5.74) is -0.0477. The Labute approximate surface area is 187 Å². The van der Waals surface area contributed by atoms with Crippen molar-refractivity contribution < 1.29 is 9.15 Å². The van der Waals surface area contributed by atoms with E-state index in [-0.39, 0.29) is 47.1 Å². The second-order valence-electron chi connectivity index (χ2n) is 9.12. The molecule has 0 saturated carbocycles. The van der Waals surface area contributed by atoms with Gasteiger partial charge in [-0.05, 0) is 27.7 Å². The van der Waals surface area contributed by atoms with Crippen molar-refractivity contribution in [2.45, 2.75) is 78.2 Å². The van der Waals surface area contributed by atoms with E-state index in [2.05, 4.69) is 74.0 Å². The molecule has 8 heteroatoms. The van der Waals surface area contributed by atoms with Gasteiger partial charge >= 0.3 is 0 Å². The van der Waals surface area contributed by atoms with Crippen LogP contribution in [0.4, 0.5) is 0 Å². The Morgan fingerprint density at radius 2 is 1.79 bits per heavy atom. The van der Waals surface area contributed by atoms with Crippen LogP contribution < -0.4 is 10.6 Å². The van der Waals surface area contributed by atoms with Crippen LogP contribution in [0.2, 0.25) is 0 Å². The van der Waals surface area contributed by atoms with Crippen molar-refractivity contribution in [3.05, 3.63) is 17.8 Å². The molecule has 2 heterocycles. The minimum absolute atomic E-state index is 0. The van der Waals surface area contributed by atoms with Gasteiger partial charge in [0.15, 0.2) is 5.96 Å². The van der Waals surface area contributed by atoms with Crippen LogP contribution in [-0.4, -0.2) is 60.3 Å². The van der Waals surface area contributed by atoms with E-state index in [0.29, 0.717) is 12.4 Å². The minimum atomic E-state index is -0.0400. The molecule has 0 aromatic carbocycles. The van der Waals surface area contributed by atoms with Gasteiger partial charge in [-0.2, -0.15) is 0 Å². The highest BCUT2D eigenvalue weighted by molar-refractivity contribution is 14.0. The number of aromatic nitrogens is 1. The van der Waals surface area contributed by atoms with Gasteiger partial charge < -0.3 is 19.8 Å². The van der Waals surface area contributed by atoms with Gasteiger partial charge in [-0.25, -0.2) is 4.98 Å². The fourth-order valence-corrected chi connectivity index (χ4v) is 3.20. The number of ether oxygens (including phenoxy) is 1. The molecule has 162 valence electrons. The summed E-state index contributed by atoms with van der Waals surface area (Å²) >= 11 is 0. The number of aliphatic imine (C=N–C) groups is 1. The highest BCUT2D eigenvalue weighted by Crippen LogP contribution is 2.23. The van der Waals surface area contributed by atoms with Gasteiger partial charge in [-0.15, -0.1) is 24.0 Å². The van der Waals surface area contributed by atoms with Gasteiger partial charge in [-0.3, -0.25) is 9.89 Å². The molecule has 1 aliphatic heterocycles. The monoisotopic (exact) mass is 507 g/mol. The second kappa shape index (κ2) is 10.2. The minimum Gasteiger partial charge on any atom is -0.443 e. The lowest BCUT2D eigenvalue weighted by Crippen LogP contribution is -2.59. The zero-order valence-corrected chi connectivity index (χ0v) is 21.0. The first-order valence-corrected chi connectivity index (χ1v) is 9.81. The van der Waals surface area contributed by atoms with Crippen LogP contribution in [0.15, 0.2) is 15.6 Å². The van der Waals surface area contributed by atoms with Crippen molar-refractivity contribution in [2.24, 2.45) is 4.99 Å². The Hall–Kier alpha value is -0.870. The molecule has 0 radical (unpaired) electrons. The molecule has 2 rings (SSSR count). The summed E-state index contributed by atoms with van der Waals surface area (Å²) in [6, 6.07) is 0. The fraction of sp³-hybridized carbons (Fsp3) is 0.800. The summed E-state index contributed by atoms with van der Waals surface area (Å²) < 4.78 is 11.7. The van der Waals surface area contributed by atoms with E-state index in [1.165, 1.54) is 0 Å². The number of morpholine rings is 1. The summed E-state index contributed by atoms with van der Waals surface area (Å²) in [4.78, 5) is 11.2. The van der Waals surface area contributed by atoms with Gasteiger partial charge in [0.2, 0.25) is 5.89 Å². The van der Waals surface area contributed by atoms with Gasteiger partial charge in [0.1, 0.15) is 5.76 Å². The molecule has 0 bridgehead atoms. The van der Waals surface area contributed by atoms with Crippen LogP contribution in [0.1, 0.15) is 60.1 Å². The molecule has 1 aromatic heterocycles. The van der Waals surface area contributed by atoms with Gasteiger partial charge in [-0.1, -0.05) is 20.8 Å². The van der Waals surface area contributed by atoms with Crippen LogP contribution in [0.25, 0.3) is 0 Å². The SMILES string of the molecule is CN=C(NCc1ncc(C(C)(C)C)o1)NCC(C)(C)N1CC(C)OC(C)C1.I. The molecule has 2 atom stereocenters. The molecule has 1 aromatic rings. The third-order valence-corrected chi connectivity index (χ3v) is 4.89. The third kappa shape index (κ3) is 7.18. The quantitative estimate of drug-likeness (QED) is 0.363. The smallest absolute Gasteiger partial charge is 0.213 e. The van der Waals surface area contributed by atoms with Crippen LogP contribution in [-0.2, 0) is 16.7 Å². The lowest BCUT2D eigenvalue weighted by Gasteiger charge is -2.45. The Morgan fingerprint density at radius 1 is 1.18 bits per heavy atom. The van der Waals surface area contributed by atoms with Gasteiger partial charge in [0, 0.05) is 37.6 Å². The maximum Gasteiger partial charge on any atom is 0.213 e. The van der Waals surface area contributed by atoms with E-state index in [4.69, 9.17) is 9.15 Å². The molecule has 1 saturated heterocycles. The molecular formula is C20H38IN5O2. The normalized spacial score (nSPS) is 21.9. The number of oxazole rings is 1. The third-order valence-electron chi connectivity index (χ3n) is 4.89. The number of nitrogens with one attached hydrogen (secondary N) is 2. The van der Waals surface area contributed by atoms with Gasteiger partial charge in [0.25, 0.3) is 0 Å². The Morgan fingerprint density at radius 3 is 2.29 bits per heavy atom. The molecule has 28 heavy (non-hydrogen) atoms. The Bertz CT molecular complexity index is 629. The molecule has 0 amide bonds. The maximum atomic E-state index is 5.86. The first-order chi connectivity index (χ1) is 12.5. The van der Waals surface area contributed by atoms with E-state index in [1.807, 2.05) is 0 Å². The number of guanidine groups is 1. The van der Waals surface area contributed by atoms with Crippen molar-refractivity contribution in [1.29, 1.82) is 0 Å². The van der Waals surface area contributed by atoms with Crippen molar-refractivity contribution in [3.63, 3.8) is 0 Å². The summed E-state index contributed by atoms with van der Waals surface area (Å²) in [6.45, 7) is 18.3. The molecule has 7 nitrogen and oxygen atoms in total. The Kier molecular flexibility index (Phi) is 9.21. The van der Waals surface area contributed by atoms with E-state index in [9.17, 15) is 0 Å². The first-order valence-electron chi connectivity index (χ1n) is 9.81. The zero-order valence-electron chi connectivity index (χ0n) is 18.6. The van der Waals surface area contributed by atoms with Crippen molar-refractivity contribution in [3.8, 4) is 0 Å². The summed E-state index contributed by atoms with van der Waals surface area (Å²) in [7, 11) is 1.78. The van der Waals surface area contributed by atoms with Crippen LogP contribution in [0.3, 0.4) is 0 Å². The average Bonchev–Trinajstić information content (AvgIpc) is 3.03. The first kappa shape index (κ1) is 25.2. The molecular weight excluding hydrogens is 469 g/mol. The summed E-state index contributed by atoms with van der Waals surface area (Å²) in [6.07, 6.45) is 2.32. The molecule has 0 aliphatic carbocycles. The van der Waals surface area contributed by atoms with Crippen LogP contribution in [0, 0.1) is 0 Å². The molecule has 0 spiro atoms. The standard InChI is InChI=1S/C20H37N5O2.HI/c1-14-11-25(12-15(2)26-14)20(6,7)13-24-18(21-8)23-10-17-22-9-16(27-17)19(3,4)5;/h9,14-15H,10-13H2,1-8H3,(H2,21,23,24);1H. The summed E-state index contributed by atoms with van der Waals surface area (Å²) in [5.74, 6) is 2.30. The number of hydrogen-bond donors (Lipinski definition) is 2. The van der Waals surface area contributed by atoms with Crippen LogP contribution >= 0.6 is 24.0 Å². The predicted molar refractivity (Wildman–Crippen MR) is 124 cm³/mol. The van der Waals surface area contributed by atoms with Crippen molar-refractivity contribution >= 4 is 29.9 Å². The topological polar surface area (TPSA) is 74.9 Å². The maximum absolute atomic E-state index is 5.86. The lowest BCUT2D eigenvalue weighted by molar-refractivity contribution is -0.0946. The van der Waals surface area contributed by atoms with E-state index in [1.54, 1.807) is 13.2 Å². The molecule has 2 unspecified atom stereocenters.